The molecule has 104 valence electrons. The first-order valence-electron chi connectivity index (χ1n) is 6.81. The average molecular weight is 268 g/mol. The van der Waals surface area contributed by atoms with E-state index in [4.69, 9.17) is 5.73 Å². The Balaban J connectivity index is 2.19. The molecule has 2 aromatic rings. The van der Waals surface area contributed by atoms with Gasteiger partial charge in [0.2, 0.25) is 5.91 Å². The molecule has 3 heteroatoms. The summed E-state index contributed by atoms with van der Waals surface area (Å²) >= 11 is 0. The molecule has 0 spiro atoms. The smallest absolute Gasteiger partial charge is 0.234 e. The third-order valence-electron chi connectivity index (χ3n) is 3.46. The molecule has 0 aliphatic heterocycles. The van der Waals surface area contributed by atoms with Gasteiger partial charge in [0.15, 0.2) is 0 Å². The van der Waals surface area contributed by atoms with Gasteiger partial charge >= 0.3 is 0 Å². The van der Waals surface area contributed by atoms with Crippen molar-refractivity contribution in [3.63, 3.8) is 0 Å². The lowest BCUT2D eigenvalue weighted by Crippen LogP contribution is -2.40. The number of hydrogen-bond acceptors (Lipinski definition) is 2. The topological polar surface area (TPSA) is 55.1 Å². The summed E-state index contributed by atoms with van der Waals surface area (Å²) in [6.45, 7) is 2.47. The van der Waals surface area contributed by atoms with Crippen molar-refractivity contribution in [1.29, 1.82) is 0 Å². The summed E-state index contributed by atoms with van der Waals surface area (Å²) in [5, 5.41) is 3.20. The van der Waals surface area contributed by atoms with Crippen LogP contribution in [0.3, 0.4) is 0 Å². The highest BCUT2D eigenvalue weighted by Crippen LogP contribution is 2.23. The van der Waals surface area contributed by atoms with Crippen molar-refractivity contribution >= 4 is 5.91 Å². The average Bonchev–Trinajstić information content (AvgIpc) is 2.49. The van der Waals surface area contributed by atoms with Gasteiger partial charge in [-0.1, -0.05) is 60.7 Å². The SMILES string of the molecule is C[C@H](NCC(c1ccccc1)c1ccccc1)C(N)=O. The van der Waals surface area contributed by atoms with Crippen LogP contribution in [0.1, 0.15) is 24.0 Å². The van der Waals surface area contributed by atoms with Crippen LogP contribution < -0.4 is 11.1 Å². The molecule has 0 bridgehead atoms. The van der Waals surface area contributed by atoms with Crippen molar-refractivity contribution < 1.29 is 4.79 Å². The number of primary amides is 1. The van der Waals surface area contributed by atoms with Gasteiger partial charge in [-0.25, -0.2) is 0 Å². The maximum Gasteiger partial charge on any atom is 0.234 e. The fraction of sp³-hybridized carbons (Fsp3) is 0.235. The van der Waals surface area contributed by atoms with E-state index in [1.165, 1.54) is 11.1 Å². The van der Waals surface area contributed by atoms with E-state index >= 15 is 0 Å². The first kappa shape index (κ1) is 14.3. The van der Waals surface area contributed by atoms with Crippen molar-refractivity contribution in [1.82, 2.24) is 5.32 Å². The van der Waals surface area contributed by atoms with Crippen molar-refractivity contribution in [2.75, 3.05) is 6.54 Å². The zero-order chi connectivity index (χ0) is 14.4. The van der Waals surface area contributed by atoms with Crippen molar-refractivity contribution in [2.24, 2.45) is 5.73 Å². The molecule has 0 aliphatic carbocycles. The van der Waals surface area contributed by atoms with Crippen LogP contribution in [0.15, 0.2) is 60.7 Å². The summed E-state index contributed by atoms with van der Waals surface area (Å²) < 4.78 is 0. The molecule has 0 saturated heterocycles. The molecular formula is C17H20N2O. The van der Waals surface area contributed by atoms with Crippen LogP contribution in [0.4, 0.5) is 0 Å². The standard InChI is InChI=1S/C17H20N2O/c1-13(17(18)20)19-12-16(14-8-4-2-5-9-14)15-10-6-3-7-11-15/h2-11,13,16,19H,12H2,1H3,(H2,18,20)/t13-/m0/s1. The highest BCUT2D eigenvalue weighted by molar-refractivity contribution is 5.79. The van der Waals surface area contributed by atoms with Gasteiger partial charge in [-0.2, -0.15) is 0 Å². The molecule has 20 heavy (non-hydrogen) atoms. The normalized spacial score (nSPS) is 12.3. The molecule has 2 rings (SSSR count). The zero-order valence-electron chi connectivity index (χ0n) is 11.6. The lowest BCUT2D eigenvalue weighted by Gasteiger charge is -2.20. The Morgan fingerprint density at radius 1 is 1.00 bits per heavy atom. The van der Waals surface area contributed by atoms with Gasteiger partial charge in [0.1, 0.15) is 0 Å². The number of nitrogens with one attached hydrogen (secondary N) is 1. The number of carbonyl (C=O) groups excluding carboxylic acids is 1. The molecule has 0 aromatic heterocycles. The lowest BCUT2D eigenvalue weighted by molar-refractivity contribution is -0.119. The minimum atomic E-state index is -0.329. The Kier molecular flexibility index (Phi) is 4.91. The Bertz CT molecular complexity index is 500. The summed E-state index contributed by atoms with van der Waals surface area (Å²) in [6, 6.07) is 20.2. The number of benzene rings is 2. The van der Waals surface area contributed by atoms with Gasteiger partial charge in [-0.3, -0.25) is 4.79 Å². The molecule has 0 heterocycles. The van der Waals surface area contributed by atoms with Crippen LogP contribution >= 0.6 is 0 Å². The molecule has 0 unspecified atom stereocenters. The maximum atomic E-state index is 11.1. The summed E-state index contributed by atoms with van der Waals surface area (Å²) in [6.07, 6.45) is 0. The third-order valence-corrected chi connectivity index (χ3v) is 3.46. The van der Waals surface area contributed by atoms with E-state index in [-0.39, 0.29) is 17.9 Å². The van der Waals surface area contributed by atoms with Crippen LogP contribution in [0.25, 0.3) is 0 Å². The molecular weight excluding hydrogens is 248 g/mol. The van der Waals surface area contributed by atoms with Gasteiger partial charge in [0.05, 0.1) is 6.04 Å². The first-order chi connectivity index (χ1) is 9.68. The van der Waals surface area contributed by atoms with Crippen LogP contribution in [0.5, 0.6) is 0 Å². The summed E-state index contributed by atoms with van der Waals surface area (Å²) in [7, 11) is 0. The van der Waals surface area contributed by atoms with Gasteiger partial charge in [-0.05, 0) is 18.1 Å². The fourth-order valence-corrected chi connectivity index (χ4v) is 2.19. The molecule has 3 nitrogen and oxygen atoms in total. The molecule has 2 aromatic carbocycles. The van der Waals surface area contributed by atoms with E-state index in [9.17, 15) is 4.79 Å². The van der Waals surface area contributed by atoms with E-state index in [0.717, 1.165) is 0 Å². The Hall–Kier alpha value is -2.13. The first-order valence-corrected chi connectivity index (χ1v) is 6.81. The molecule has 0 aliphatic rings. The van der Waals surface area contributed by atoms with E-state index in [1.54, 1.807) is 6.92 Å². The monoisotopic (exact) mass is 268 g/mol. The third kappa shape index (κ3) is 3.68. The summed E-state index contributed by atoms with van der Waals surface area (Å²) in [5.74, 6) is -0.121. The Morgan fingerprint density at radius 3 is 1.85 bits per heavy atom. The molecule has 0 saturated carbocycles. The number of nitrogens with two attached hydrogens (primary N) is 1. The molecule has 3 N–H and O–H groups in total. The van der Waals surface area contributed by atoms with Gasteiger partial charge in [0.25, 0.3) is 0 Å². The van der Waals surface area contributed by atoms with E-state index in [1.807, 2.05) is 36.4 Å². The minimum Gasteiger partial charge on any atom is -0.368 e. The fourth-order valence-electron chi connectivity index (χ4n) is 2.19. The molecule has 1 atom stereocenters. The predicted octanol–water partition coefficient (Wildman–Crippen LogP) is 2.28. The van der Waals surface area contributed by atoms with Gasteiger partial charge < -0.3 is 11.1 Å². The van der Waals surface area contributed by atoms with Gasteiger partial charge in [-0.15, -0.1) is 0 Å². The highest BCUT2D eigenvalue weighted by atomic mass is 16.1. The van der Waals surface area contributed by atoms with Crippen LogP contribution in [0, 0.1) is 0 Å². The number of carbonyl (C=O) groups is 1. The molecule has 0 fully saturated rings. The molecule has 0 radical (unpaired) electrons. The van der Waals surface area contributed by atoms with Crippen molar-refractivity contribution in [2.45, 2.75) is 18.9 Å². The van der Waals surface area contributed by atoms with E-state index in [2.05, 4.69) is 29.6 Å². The Morgan fingerprint density at radius 2 is 1.45 bits per heavy atom. The minimum absolute atomic E-state index is 0.208. The highest BCUT2D eigenvalue weighted by Gasteiger charge is 2.16. The van der Waals surface area contributed by atoms with Crippen LogP contribution in [0.2, 0.25) is 0 Å². The zero-order valence-corrected chi connectivity index (χ0v) is 11.6. The molecule has 1 amide bonds. The number of rotatable bonds is 6. The predicted molar refractivity (Wildman–Crippen MR) is 81.4 cm³/mol. The van der Waals surface area contributed by atoms with Gasteiger partial charge in [0, 0.05) is 12.5 Å². The lowest BCUT2D eigenvalue weighted by atomic mass is 9.91. The second kappa shape index (κ2) is 6.87. The second-order valence-electron chi connectivity index (χ2n) is 4.91. The summed E-state index contributed by atoms with van der Waals surface area (Å²) in [4.78, 5) is 11.1. The Labute approximate surface area is 119 Å². The largest absolute Gasteiger partial charge is 0.368 e. The number of amides is 1. The van der Waals surface area contributed by atoms with E-state index in [0.29, 0.717) is 6.54 Å². The summed E-state index contributed by atoms with van der Waals surface area (Å²) in [5.41, 5.74) is 7.75. The number of hydrogen-bond donors (Lipinski definition) is 2. The van der Waals surface area contributed by atoms with E-state index < -0.39 is 0 Å². The second-order valence-corrected chi connectivity index (χ2v) is 4.91. The maximum absolute atomic E-state index is 11.1. The van der Waals surface area contributed by atoms with Crippen LogP contribution in [-0.4, -0.2) is 18.5 Å². The van der Waals surface area contributed by atoms with Crippen LogP contribution in [-0.2, 0) is 4.79 Å². The van der Waals surface area contributed by atoms with Crippen molar-refractivity contribution in [3.8, 4) is 0 Å². The van der Waals surface area contributed by atoms with Crippen molar-refractivity contribution in [3.05, 3.63) is 71.8 Å². The quantitative estimate of drug-likeness (QED) is 0.844.